The molecule has 0 atom stereocenters. The minimum Gasteiger partial charge on any atom is -0.465 e. The number of hydrogen-bond acceptors (Lipinski definition) is 5. The van der Waals surface area contributed by atoms with Gasteiger partial charge in [-0.1, -0.05) is 42.5 Å². The van der Waals surface area contributed by atoms with Gasteiger partial charge in [-0.2, -0.15) is 0 Å². The van der Waals surface area contributed by atoms with E-state index in [2.05, 4.69) is 4.89 Å². The standard InChI is InChI=1S/C21H23NO5/c1-3-26-20(23)14-22(19-7-5-4-6-8-19)21(24)16(2)13-17-9-11-18(12-10-17)15-27-25/h4-13,25H,3,14-15H2,1-2H3/b16-13+. The zero-order chi connectivity index (χ0) is 19.6. The van der Waals surface area contributed by atoms with Crippen LogP contribution in [0, 0.1) is 0 Å². The van der Waals surface area contributed by atoms with E-state index < -0.39 is 5.97 Å². The molecular weight excluding hydrogens is 346 g/mol. The van der Waals surface area contributed by atoms with E-state index >= 15 is 0 Å². The number of benzene rings is 2. The van der Waals surface area contributed by atoms with Gasteiger partial charge in [0, 0.05) is 11.3 Å². The first kappa shape index (κ1) is 20.4. The van der Waals surface area contributed by atoms with Crippen molar-refractivity contribution in [2.24, 2.45) is 0 Å². The fourth-order valence-corrected chi connectivity index (χ4v) is 2.53. The van der Waals surface area contributed by atoms with Crippen molar-refractivity contribution in [3.05, 3.63) is 71.3 Å². The molecule has 1 amide bonds. The highest BCUT2D eigenvalue weighted by atomic mass is 17.1. The van der Waals surface area contributed by atoms with Crippen molar-refractivity contribution in [3.63, 3.8) is 0 Å². The smallest absolute Gasteiger partial charge is 0.326 e. The van der Waals surface area contributed by atoms with E-state index in [4.69, 9.17) is 9.99 Å². The van der Waals surface area contributed by atoms with Crippen molar-refractivity contribution in [1.29, 1.82) is 0 Å². The minimum absolute atomic E-state index is 0.100. The summed E-state index contributed by atoms with van der Waals surface area (Å²) in [4.78, 5) is 30.4. The summed E-state index contributed by atoms with van der Waals surface area (Å²) in [5.74, 6) is -0.743. The van der Waals surface area contributed by atoms with Gasteiger partial charge in [0.2, 0.25) is 0 Å². The first-order valence-corrected chi connectivity index (χ1v) is 8.61. The van der Waals surface area contributed by atoms with Gasteiger partial charge in [0.25, 0.3) is 5.91 Å². The first-order valence-electron chi connectivity index (χ1n) is 8.61. The molecule has 6 heteroatoms. The number of amides is 1. The highest BCUT2D eigenvalue weighted by Crippen LogP contribution is 2.18. The molecule has 0 heterocycles. The topological polar surface area (TPSA) is 76.1 Å². The molecule has 0 radical (unpaired) electrons. The van der Waals surface area contributed by atoms with Crippen molar-refractivity contribution in [2.75, 3.05) is 18.1 Å². The molecule has 0 bridgehead atoms. The van der Waals surface area contributed by atoms with Gasteiger partial charge >= 0.3 is 5.97 Å². The number of hydrogen-bond donors (Lipinski definition) is 1. The zero-order valence-corrected chi connectivity index (χ0v) is 15.4. The van der Waals surface area contributed by atoms with Gasteiger partial charge in [0.15, 0.2) is 0 Å². The van der Waals surface area contributed by atoms with Crippen LogP contribution in [0.2, 0.25) is 0 Å². The van der Waals surface area contributed by atoms with Gasteiger partial charge in [-0.05, 0) is 43.2 Å². The maximum Gasteiger partial charge on any atom is 0.326 e. The fraction of sp³-hybridized carbons (Fsp3) is 0.238. The molecule has 0 fully saturated rings. The number of ether oxygens (including phenoxy) is 1. The van der Waals surface area contributed by atoms with Crippen LogP contribution < -0.4 is 4.90 Å². The Kier molecular flexibility index (Phi) is 7.73. The summed E-state index contributed by atoms with van der Waals surface area (Å²) in [6.45, 7) is 3.63. The van der Waals surface area contributed by atoms with Crippen LogP contribution in [0.4, 0.5) is 5.69 Å². The summed E-state index contributed by atoms with van der Waals surface area (Å²) < 4.78 is 4.99. The second-order valence-corrected chi connectivity index (χ2v) is 5.87. The zero-order valence-electron chi connectivity index (χ0n) is 15.4. The van der Waals surface area contributed by atoms with Crippen LogP contribution in [0.1, 0.15) is 25.0 Å². The summed E-state index contributed by atoms with van der Waals surface area (Å²) in [7, 11) is 0. The number of anilines is 1. The number of rotatable bonds is 8. The molecule has 27 heavy (non-hydrogen) atoms. The molecule has 2 rings (SSSR count). The van der Waals surface area contributed by atoms with E-state index in [1.807, 2.05) is 30.3 Å². The molecule has 6 nitrogen and oxygen atoms in total. The molecular formula is C21H23NO5. The quantitative estimate of drug-likeness (QED) is 0.332. The molecule has 0 aliphatic carbocycles. The summed E-state index contributed by atoms with van der Waals surface area (Å²) >= 11 is 0. The van der Waals surface area contributed by atoms with E-state index in [1.54, 1.807) is 44.2 Å². The molecule has 0 aliphatic rings. The van der Waals surface area contributed by atoms with Crippen LogP contribution in [0.5, 0.6) is 0 Å². The molecule has 2 aromatic rings. The molecule has 0 aromatic heterocycles. The molecule has 142 valence electrons. The Morgan fingerprint density at radius 1 is 1.07 bits per heavy atom. The number of carbonyl (C=O) groups excluding carboxylic acids is 2. The molecule has 0 saturated heterocycles. The Labute approximate surface area is 158 Å². The van der Waals surface area contributed by atoms with Gasteiger partial charge in [0.05, 0.1) is 6.61 Å². The summed E-state index contributed by atoms with van der Waals surface area (Å²) in [5, 5.41) is 8.49. The number of esters is 1. The van der Waals surface area contributed by atoms with Crippen LogP contribution in [-0.4, -0.2) is 30.3 Å². The summed E-state index contributed by atoms with van der Waals surface area (Å²) in [6.07, 6.45) is 1.74. The van der Waals surface area contributed by atoms with Crippen LogP contribution >= 0.6 is 0 Å². The minimum atomic E-state index is -0.462. The van der Waals surface area contributed by atoms with Crippen molar-refractivity contribution in [1.82, 2.24) is 0 Å². The summed E-state index contributed by atoms with van der Waals surface area (Å²) in [5.41, 5.74) is 2.74. The lowest BCUT2D eigenvalue weighted by Crippen LogP contribution is -2.37. The summed E-state index contributed by atoms with van der Waals surface area (Å²) in [6, 6.07) is 16.2. The molecule has 0 spiro atoms. The van der Waals surface area contributed by atoms with Crippen LogP contribution in [-0.2, 0) is 25.8 Å². The second kappa shape index (κ2) is 10.3. The SMILES string of the molecule is CCOC(=O)CN(C(=O)/C(C)=C/c1ccc(COO)cc1)c1ccccc1. The van der Waals surface area contributed by atoms with Crippen molar-refractivity contribution < 1.29 is 24.5 Å². The van der Waals surface area contributed by atoms with Crippen molar-refractivity contribution in [3.8, 4) is 0 Å². The second-order valence-electron chi connectivity index (χ2n) is 5.87. The van der Waals surface area contributed by atoms with Crippen molar-refractivity contribution >= 4 is 23.6 Å². The maximum absolute atomic E-state index is 13.0. The van der Waals surface area contributed by atoms with Gasteiger partial charge in [-0.3, -0.25) is 19.7 Å². The fourth-order valence-electron chi connectivity index (χ4n) is 2.53. The predicted octanol–water partition coefficient (Wildman–Crippen LogP) is 3.68. The highest BCUT2D eigenvalue weighted by molar-refractivity contribution is 6.09. The third kappa shape index (κ3) is 6.06. The Bertz CT molecular complexity index is 784. The van der Waals surface area contributed by atoms with Crippen molar-refractivity contribution in [2.45, 2.75) is 20.5 Å². The number of nitrogens with zero attached hydrogens (tertiary/aromatic N) is 1. The third-order valence-electron chi connectivity index (χ3n) is 3.84. The highest BCUT2D eigenvalue weighted by Gasteiger charge is 2.21. The largest absolute Gasteiger partial charge is 0.465 e. The lowest BCUT2D eigenvalue weighted by molar-refractivity contribution is -0.253. The Balaban J connectivity index is 2.23. The maximum atomic E-state index is 13.0. The normalized spacial score (nSPS) is 11.1. The molecule has 2 aromatic carbocycles. The van der Waals surface area contributed by atoms with E-state index in [9.17, 15) is 9.59 Å². The monoisotopic (exact) mass is 369 g/mol. The Morgan fingerprint density at radius 3 is 2.33 bits per heavy atom. The molecule has 0 saturated carbocycles. The van der Waals surface area contributed by atoms with Gasteiger partial charge in [0.1, 0.15) is 13.2 Å². The molecule has 1 N–H and O–H groups in total. The lowest BCUT2D eigenvalue weighted by Gasteiger charge is -2.22. The van der Waals surface area contributed by atoms with E-state index in [1.165, 1.54) is 4.90 Å². The van der Waals surface area contributed by atoms with Crippen LogP contribution in [0.15, 0.2) is 60.2 Å². The van der Waals surface area contributed by atoms with E-state index in [0.29, 0.717) is 11.3 Å². The van der Waals surface area contributed by atoms with Gasteiger partial charge in [-0.25, -0.2) is 4.89 Å². The average Bonchev–Trinajstić information content (AvgIpc) is 2.68. The first-order chi connectivity index (χ1) is 13.0. The average molecular weight is 369 g/mol. The lowest BCUT2D eigenvalue weighted by atomic mass is 10.1. The molecule has 0 unspecified atom stereocenters. The van der Waals surface area contributed by atoms with E-state index in [-0.39, 0.29) is 25.7 Å². The Morgan fingerprint density at radius 2 is 1.74 bits per heavy atom. The van der Waals surface area contributed by atoms with Gasteiger partial charge in [-0.15, -0.1) is 0 Å². The molecule has 0 aliphatic heterocycles. The van der Waals surface area contributed by atoms with Gasteiger partial charge < -0.3 is 4.74 Å². The Hall–Kier alpha value is -2.96. The van der Waals surface area contributed by atoms with Crippen LogP contribution in [0.3, 0.4) is 0 Å². The predicted molar refractivity (Wildman–Crippen MR) is 103 cm³/mol. The number of para-hydroxylation sites is 1. The van der Waals surface area contributed by atoms with Crippen LogP contribution in [0.25, 0.3) is 6.08 Å². The van der Waals surface area contributed by atoms with E-state index in [0.717, 1.165) is 11.1 Å². The number of carbonyl (C=O) groups is 2. The third-order valence-corrected chi connectivity index (χ3v) is 3.84.